The number of benzene rings is 2. The van der Waals surface area contributed by atoms with E-state index in [1.807, 2.05) is 12.1 Å². The minimum atomic E-state index is 0.446. The Hall–Kier alpha value is -1.14. The van der Waals surface area contributed by atoms with Crippen molar-refractivity contribution < 1.29 is 4.74 Å². The van der Waals surface area contributed by atoms with Gasteiger partial charge >= 0.3 is 0 Å². The van der Waals surface area contributed by atoms with Crippen LogP contribution in [0.1, 0.15) is 11.1 Å². The molecular formula is C23H29Cl2N3O. The Morgan fingerprint density at radius 2 is 1.38 bits per heavy atom. The van der Waals surface area contributed by atoms with Gasteiger partial charge in [-0.1, -0.05) is 59.6 Å². The Labute approximate surface area is 183 Å². The van der Waals surface area contributed by atoms with Crippen LogP contribution in [0.25, 0.3) is 0 Å². The quantitative estimate of drug-likeness (QED) is 0.684. The van der Waals surface area contributed by atoms with Gasteiger partial charge in [0, 0.05) is 45.3 Å². The lowest BCUT2D eigenvalue weighted by molar-refractivity contribution is -0.111. The van der Waals surface area contributed by atoms with Crippen molar-refractivity contribution in [1.29, 1.82) is 0 Å². The van der Waals surface area contributed by atoms with Crippen LogP contribution < -0.4 is 0 Å². The van der Waals surface area contributed by atoms with Gasteiger partial charge < -0.3 is 4.74 Å². The second-order valence-corrected chi connectivity index (χ2v) is 8.67. The van der Waals surface area contributed by atoms with E-state index in [9.17, 15) is 0 Å². The van der Waals surface area contributed by atoms with E-state index in [4.69, 9.17) is 27.9 Å². The number of hydrogen-bond donors (Lipinski definition) is 0. The molecule has 29 heavy (non-hydrogen) atoms. The van der Waals surface area contributed by atoms with Crippen molar-refractivity contribution in [2.45, 2.75) is 18.9 Å². The molecule has 1 atom stereocenters. The molecule has 2 heterocycles. The van der Waals surface area contributed by atoms with Crippen molar-refractivity contribution in [2.75, 3.05) is 52.5 Å². The smallest absolute Gasteiger partial charge is 0.0608 e. The SMILES string of the molecule is Clc1ccc(CC(Cc2ccccc2)N2CCN(N3CCOCC3)CC2)cc1Cl. The normalized spacial score (nSPS) is 20.6. The maximum Gasteiger partial charge on any atom is 0.0608 e. The zero-order valence-electron chi connectivity index (χ0n) is 16.8. The first kappa shape index (κ1) is 21.1. The Bertz CT molecular complexity index is 775. The van der Waals surface area contributed by atoms with E-state index < -0.39 is 0 Å². The maximum absolute atomic E-state index is 6.28. The highest BCUT2D eigenvalue weighted by Crippen LogP contribution is 2.25. The van der Waals surface area contributed by atoms with Crippen molar-refractivity contribution in [3.05, 3.63) is 69.7 Å². The van der Waals surface area contributed by atoms with E-state index in [1.165, 1.54) is 11.1 Å². The summed E-state index contributed by atoms with van der Waals surface area (Å²) >= 11 is 12.4. The molecule has 0 saturated carbocycles. The van der Waals surface area contributed by atoms with Crippen LogP contribution in [0.15, 0.2) is 48.5 Å². The van der Waals surface area contributed by atoms with Crippen LogP contribution in [-0.4, -0.2) is 73.4 Å². The highest BCUT2D eigenvalue weighted by Gasteiger charge is 2.27. The molecule has 156 valence electrons. The highest BCUT2D eigenvalue weighted by atomic mass is 35.5. The summed E-state index contributed by atoms with van der Waals surface area (Å²) in [7, 11) is 0. The molecule has 2 saturated heterocycles. The van der Waals surface area contributed by atoms with Crippen LogP contribution in [-0.2, 0) is 17.6 Å². The third-order valence-corrected chi connectivity index (χ3v) is 6.70. The van der Waals surface area contributed by atoms with Crippen LogP contribution in [0.2, 0.25) is 10.0 Å². The largest absolute Gasteiger partial charge is 0.379 e. The van der Waals surface area contributed by atoms with Gasteiger partial charge in [0.05, 0.1) is 23.3 Å². The molecule has 0 aromatic heterocycles. The summed E-state index contributed by atoms with van der Waals surface area (Å²) in [6.45, 7) is 8.02. The second kappa shape index (κ2) is 10.3. The van der Waals surface area contributed by atoms with Crippen molar-refractivity contribution in [3.8, 4) is 0 Å². The monoisotopic (exact) mass is 433 g/mol. The molecule has 0 spiro atoms. The summed E-state index contributed by atoms with van der Waals surface area (Å²) in [6, 6.07) is 17.3. The summed E-state index contributed by atoms with van der Waals surface area (Å²) in [6.07, 6.45) is 2.02. The molecule has 6 heteroatoms. The van der Waals surface area contributed by atoms with E-state index >= 15 is 0 Å². The van der Waals surface area contributed by atoms with Crippen molar-refractivity contribution in [2.24, 2.45) is 0 Å². The lowest BCUT2D eigenvalue weighted by atomic mass is 9.97. The number of ether oxygens (including phenoxy) is 1. The van der Waals surface area contributed by atoms with Crippen LogP contribution in [0.5, 0.6) is 0 Å². The fourth-order valence-electron chi connectivity index (χ4n) is 4.35. The molecule has 2 aromatic carbocycles. The fraction of sp³-hybridized carbons (Fsp3) is 0.478. The molecule has 2 fully saturated rings. The van der Waals surface area contributed by atoms with Gasteiger partial charge in [0.2, 0.25) is 0 Å². The van der Waals surface area contributed by atoms with Gasteiger partial charge in [0.1, 0.15) is 0 Å². The van der Waals surface area contributed by atoms with Gasteiger partial charge in [-0.2, -0.15) is 0 Å². The first-order chi connectivity index (χ1) is 14.2. The molecule has 2 aliphatic rings. The van der Waals surface area contributed by atoms with E-state index in [0.29, 0.717) is 16.1 Å². The van der Waals surface area contributed by atoms with Crippen molar-refractivity contribution >= 4 is 23.2 Å². The Balaban J connectivity index is 1.44. The van der Waals surface area contributed by atoms with Crippen molar-refractivity contribution in [1.82, 2.24) is 14.9 Å². The van der Waals surface area contributed by atoms with Crippen molar-refractivity contribution in [3.63, 3.8) is 0 Å². The summed E-state index contributed by atoms with van der Waals surface area (Å²) in [5.74, 6) is 0. The zero-order valence-corrected chi connectivity index (χ0v) is 18.3. The molecule has 0 radical (unpaired) electrons. The predicted molar refractivity (Wildman–Crippen MR) is 120 cm³/mol. The van der Waals surface area contributed by atoms with Crippen LogP contribution in [0.3, 0.4) is 0 Å². The van der Waals surface area contributed by atoms with Gasteiger partial charge in [-0.3, -0.25) is 4.90 Å². The van der Waals surface area contributed by atoms with E-state index in [-0.39, 0.29) is 0 Å². The van der Waals surface area contributed by atoms with Gasteiger partial charge in [-0.15, -0.1) is 0 Å². The third-order valence-electron chi connectivity index (χ3n) is 5.96. The highest BCUT2D eigenvalue weighted by molar-refractivity contribution is 6.42. The minimum absolute atomic E-state index is 0.446. The predicted octanol–water partition coefficient (Wildman–Crippen LogP) is 4.01. The summed E-state index contributed by atoms with van der Waals surface area (Å²) < 4.78 is 5.50. The molecule has 1 unspecified atom stereocenters. The summed E-state index contributed by atoms with van der Waals surface area (Å²) in [5, 5.41) is 6.23. The molecule has 2 aromatic rings. The van der Waals surface area contributed by atoms with Crippen LogP contribution >= 0.6 is 23.2 Å². The topological polar surface area (TPSA) is 19.0 Å². The molecule has 0 bridgehead atoms. The zero-order chi connectivity index (χ0) is 20.1. The maximum atomic E-state index is 6.28. The molecule has 2 aliphatic heterocycles. The average molecular weight is 434 g/mol. The van der Waals surface area contributed by atoms with Crippen LogP contribution in [0, 0.1) is 0 Å². The standard InChI is InChI=1S/C23H29Cl2N3O/c24-22-7-6-20(18-23(22)25)17-21(16-19-4-2-1-3-5-19)26-8-10-27(11-9-26)28-12-14-29-15-13-28/h1-7,18,21H,8-17H2. The summed E-state index contributed by atoms with van der Waals surface area (Å²) in [4.78, 5) is 2.65. The number of piperazine rings is 1. The average Bonchev–Trinajstić information content (AvgIpc) is 2.77. The number of hydrazine groups is 1. The molecule has 0 amide bonds. The molecule has 4 nitrogen and oxygen atoms in total. The molecular weight excluding hydrogens is 405 g/mol. The second-order valence-electron chi connectivity index (χ2n) is 7.85. The Kier molecular flexibility index (Phi) is 7.46. The Morgan fingerprint density at radius 3 is 2.07 bits per heavy atom. The number of morpholine rings is 1. The van der Waals surface area contributed by atoms with Gasteiger partial charge in [-0.25, -0.2) is 10.0 Å². The molecule has 4 rings (SSSR count). The first-order valence-corrected chi connectivity index (χ1v) is 11.2. The van der Waals surface area contributed by atoms with E-state index in [2.05, 4.69) is 51.3 Å². The molecule has 0 N–H and O–H groups in total. The lowest BCUT2D eigenvalue weighted by Crippen LogP contribution is -2.58. The van der Waals surface area contributed by atoms with E-state index in [1.54, 1.807) is 0 Å². The number of hydrogen-bond acceptors (Lipinski definition) is 4. The minimum Gasteiger partial charge on any atom is -0.379 e. The lowest BCUT2D eigenvalue weighted by Gasteiger charge is -2.44. The third kappa shape index (κ3) is 5.72. The van der Waals surface area contributed by atoms with E-state index in [0.717, 1.165) is 65.3 Å². The number of rotatable bonds is 6. The number of nitrogens with zero attached hydrogens (tertiary/aromatic N) is 3. The van der Waals surface area contributed by atoms with Gasteiger partial charge in [-0.05, 0) is 36.1 Å². The Morgan fingerprint density at radius 1 is 0.724 bits per heavy atom. The fourth-order valence-corrected chi connectivity index (χ4v) is 4.67. The summed E-state index contributed by atoms with van der Waals surface area (Å²) in [5.41, 5.74) is 2.63. The van der Waals surface area contributed by atoms with Gasteiger partial charge in [0.25, 0.3) is 0 Å². The molecule has 0 aliphatic carbocycles. The van der Waals surface area contributed by atoms with Gasteiger partial charge in [0.15, 0.2) is 0 Å². The van der Waals surface area contributed by atoms with Crippen LogP contribution in [0.4, 0.5) is 0 Å². The number of halogens is 2. The first-order valence-electron chi connectivity index (χ1n) is 10.5.